The fraction of sp³-hybridized carbons (Fsp3) is 0.476. The Morgan fingerprint density at radius 3 is 2.83 bits per heavy atom. The molecule has 1 saturated heterocycles. The number of thiophene rings is 1. The molecular weight excluding hydrogens is 413 g/mol. The predicted molar refractivity (Wildman–Crippen MR) is 114 cm³/mol. The average Bonchev–Trinajstić information content (AvgIpc) is 3.23. The molecule has 0 radical (unpaired) electrons. The number of benzene rings is 1. The lowest BCUT2D eigenvalue weighted by molar-refractivity contribution is -0.0506. The zero-order valence-corrected chi connectivity index (χ0v) is 17.9. The number of guanidine groups is 1. The van der Waals surface area contributed by atoms with Gasteiger partial charge in [0.1, 0.15) is 11.6 Å². The summed E-state index contributed by atoms with van der Waals surface area (Å²) in [6.07, 6.45) is 2.22. The minimum atomic E-state index is -3.01. The summed E-state index contributed by atoms with van der Waals surface area (Å²) >= 11 is 1.76. The normalized spacial score (nSPS) is 20.4. The van der Waals surface area contributed by atoms with E-state index in [9.17, 15) is 13.2 Å². The van der Waals surface area contributed by atoms with E-state index in [0.29, 0.717) is 24.5 Å². The molecule has 0 bridgehead atoms. The summed E-state index contributed by atoms with van der Waals surface area (Å²) in [6.45, 7) is -1.27. The van der Waals surface area contributed by atoms with Crippen LogP contribution in [0.3, 0.4) is 0 Å². The number of ether oxygens (including phenoxy) is 1. The van der Waals surface area contributed by atoms with Crippen LogP contribution in [0.2, 0.25) is 0 Å². The minimum absolute atomic E-state index is 0.0205. The highest BCUT2D eigenvalue weighted by Gasteiger charge is 2.31. The van der Waals surface area contributed by atoms with E-state index in [1.807, 2.05) is 0 Å². The highest BCUT2D eigenvalue weighted by atomic mass is 32.1. The molecule has 9 heteroatoms. The molecule has 0 aliphatic carbocycles. The number of hydrogen-bond donors (Lipinski definition) is 2. The first kappa shape index (κ1) is 22.4. The van der Waals surface area contributed by atoms with E-state index in [-0.39, 0.29) is 17.9 Å². The summed E-state index contributed by atoms with van der Waals surface area (Å²) in [6, 6.07) is 8.46. The molecule has 5 nitrogen and oxygen atoms in total. The Morgan fingerprint density at radius 1 is 1.30 bits per heavy atom. The molecule has 1 fully saturated rings. The standard InChI is InChI=1S/C21H27F3N4OS/c1-25-21(27-13-15-16(22)7-3-8-17(15)29-20(23)24)26-12-14-6-4-10-28(2)19(14)18-9-5-11-30-18/h3,5,7-9,11,14,19-20H,4,6,10,12-13H2,1-2H3,(H2,25,26,27). The van der Waals surface area contributed by atoms with Crippen LogP contribution in [-0.2, 0) is 6.54 Å². The maximum Gasteiger partial charge on any atom is 0.387 e. The third-order valence-electron chi connectivity index (χ3n) is 5.32. The van der Waals surface area contributed by atoms with E-state index in [2.05, 4.69) is 49.8 Å². The molecule has 30 heavy (non-hydrogen) atoms. The van der Waals surface area contributed by atoms with Crippen molar-refractivity contribution in [1.82, 2.24) is 15.5 Å². The van der Waals surface area contributed by atoms with Gasteiger partial charge in [-0.05, 0) is 55.9 Å². The number of likely N-dealkylation sites (tertiary alicyclic amines) is 1. The van der Waals surface area contributed by atoms with Crippen LogP contribution in [0.4, 0.5) is 13.2 Å². The van der Waals surface area contributed by atoms with E-state index in [1.54, 1.807) is 18.4 Å². The van der Waals surface area contributed by atoms with Crippen molar-refractivity contribution in [3.05, 3.63) is 52.0 Å². The predicted octanol–water partition coefficient (Wildman–Crippen LogP) is 4.24. The van der Waals surface area contributed by atoms with Gasteiger partial charge >= 0.3 is 6.61 Å². The summed E-state index contributed by atoms with van der Waals surface area (Å²) in [5.41, 5.74) is 0.0367. The average molecular weight is 441 g/mol. The number of aliphatic imine (C=N–C) groups is 1. The Balaban J connectivity index is 1.61. The van der Waals surface area contributed by atoms with Crippen molar-refractivity contribution in [2.45, 2.75) is 32.0 Å². The molecule has 0 saturated carbocycles. The van der Waals surface area contributed by atoms with Gasteiger partial charge in [0.05, 0.1) is 0 Å². The van der Waals surface area contributed by atoms with Gasteiger partial charge in [-0.2, -0.15) is 8.78 Å². The monoisotopic (exact) mass is 440 g/mol. The van der Waals surface area contributed by atoms with Gasteiger partial charge in [0.2, 0.25) is 0 Å². The molecule has 1 aliphatic heterocycles. The minimum Gasteiger partial charge on any atom is -0.434 e. The Labute approximate surface area is 179 Å². The first-order chi connectivity index (χ1) is 14.5. The molecule has 3 rings (SSSR count). The summed E-state index contributed by atoms with van der Waals surface area (Å²) < 4.78 is 43.8. The topological polar surface area (TPSA) is 48.9 Å². The van der Waals surface area contributed by atoms with Gasteiger partial charge in [-0.1, -0.05) is 12.1 Å². The maximum absolute atomic E-state index is 14.2. The Morgan fingerprint density at radius 2 is 2.13 bits per heavy atom. The number of nitrogens with one attached hydrogen (secondary N) is 2. The number of alkyl halides is 2. The van der Waals surface area contributed by atoms with Crippen LogP contribution in [0.25, 0.3) is 0 Å². The van der Waals surface area contributed by atoms with Crippen LogP contribution in [0.1, 0.15) is 29.3 Å². The van der Waals surface area contributed by atoms with Gasteiger partial charge in [-0.3, -0.25) is 9.89 Å². The van der Waals surface area contributed by atoms with E-state index in [0.717, 1.165) is 19.4 Å². The number of rotatable bonds is 7. The van der Waals surface area contributed by atoms with Gasteiger partial charge in [0.25, 0.3) is 0 Å². The second-order valence-corrected chi connectivity index (χ2v) is 8.22. The summed E-state index contributed by atoms with van der Waals surface area (Å²) in [5, 5.41) is 8.40. The van der Waals surface area contributed by atoms with Crippen LogP contribution >= 0.6 is 11.3 Å². The van der Waals surface area contributed by atoms with Gasteiger partial charge in [-0.15, -0.1) is 11.3 Å². The second kappa shape index (κ2) is 10.7. The molecule has 2 N–H and O–H groups in total. The van der Waals surface area contributed by atoms with Crippen molar-refractivity contribution in [2.24, 2.45) is 10.9 Å². The third-order valence-corrected chi connectivity index (χ3v) is 6.26. The maximum atomic E-state index is 14.2. The molecule has 164 valence electrons. The van der Waals surface area contributed by atoms with Gasteiger partial charge < -0.3 is 15.4 Å². The third kappa shape index (κ3) is 5.66. The lowest BCUT2D eigenvalue weighted by Crippen LogP contribution is -2.44. The van der Waals surface area contributed by atoms with Crippen molar-refractivity contribution < 1.29 is 17.9 Å². The molecule has 2 heterocycles. The smallest absolute Gasteiger partial charge is 0.387 e. The van der Waals surface area contributed by atoms with Crippen LogP contribution in [0.5, 0.6) is 5.75 Å². The van der Waals surface area contributed by atoms with Crippen molar-refractivity contribution in [3.8, 4) is 5.75 Å². The SMILES string of the molecule is CN=C(NCc1c(F)cccc1OC(F)F)NCC1CCCN(C)C1c1cccs1. The van der Waals surface area contributed by atoms with Gasteiger partial charge in [0, 0.05) is 36.6 Å². The van der Waals surface area contributed by atoms with E-state index < -0.39 is 12.4 Å². The van der Waals surface area contributed by atoms with Crippen LogP contribution < -0.4 is 15.4 Å². The van der Waals surface area contributed by atoms with Crippen LogP contribution in [-0.4, -0.2) is 44.7 Å². The largest absolute Gasteiger partial charge is 0.434 e. The molecule has 1 aliphatic rings. The zero-order valence-electron chi connectivity index (χ0n) is 17.1. The summed E-state index contributed by atoms with van der Waals surface area (Å²) in [7, 11) is 3.77. The fourth-order valence-electron chi connectivity index (χ4n) is 3.92. The number of nitrogens with zero attached hydrogens (tertiary/aromatic N) is 2. The Bertz CT molecular complexity index is 832. The van der Waals surface area contributed by atoms with Crippen molar-refractivity contribution >= 4 is 17.3 Å². The Hall–Kier alpha value is -2.26. The van der Waals surface area contributed by atoms with Crippen molar-refractivity contribution in [1.29, 1.82) is 0 Å². The number of halogens is 3. The molecule has 2 atom stereocenters. The molecule has 2 aromatic rings. The number of hydrogen-bond acceptors (Lipinski definition) is 4. The van der Waals surface area contributed by atoms with Crippen LogP contribution in [0.15, 0.2) is 40.7 Å². The fourth-order valence-corrected chi connectivity index (χ4v) is 4.90. The van der Waals surface area contributed by atoms with E-state index in [1.165, 1.54) is 23.1 Å². The van der Waals surface area contributed by atoms with Crippen molar-refractivity contribution in [2.75, 3.05) is 27.2 Å². The van der Waals surface area contributed by atoms with E-state index in [4.69, 9.17) is 0 Å². The van der Waals surface area contributed by atoms with Gasteiger partial charge in [0.15, 0.2) is 5.96 Å². The zero-order chi connectivity index (χ0) is 21.5. The van der Waals surface area contributed by atoms with Crippen LogP contribution in [0, 0.1) is 11.7 Å². The first-order valence-electron chi connectivity index (χ1n) is 9.90. The van der Waals surface area contributed by atoms with Crippen molar-refractivity contribution in [3.63, 3.8) is 0 Å². The van der Waals surface area contributed by atoms with Gasteiger partial charge in [-0.25, -0.2) is 4.39 Å². The molecule has 2 unspecified atom stereocenters. The number of piperidine rings is 1. The second-order valence-electron chi connectivity index (χ2n) is 7.24. The highest BCUT2D eigenvalue weighted by molar-refractivity contribution is 7.10. The first-order valence-corrected chi connectivity index (χ1v) is 10.8. The summed E-state index contributed by atoms with van der Waals surface area (Å²) in [4.78, 5) is 7.91. The molecule has 1 aromatic carbocycles. The molecular formula is C21H27F3N4OS. The lowest BCUT2D eigenvalue weighted by Gasteiger charge is -2.39. The molecule has 0 amide bonds. The molecule has 1 aromatic heterocycles. The molecule has 0 spiro atoms. The lowest BCUT2D eigenvalue weighted by atomic mass is 9.88. The summed E-state index contributed by atoms with van der Waals surface area (Å²) in [5.74, 6) is 0.0916. The van der Waals surface area contributed by atoms with E-state index >= 15 is 0 Å². The highest BCUT2D eigenvalue weighted by Crippen LogP contribution is 2.36. The Kier molecular flexibility index (Phi) is 7.98. The quantitative estimate of drug-likeness (QED) is 0.500.